The molecule has 1 aromatic heterocycles. The molecule has 2 heterocycles. The molecule has 0 spiro atoms. The van der Waals surface area contributed by atoms with Gasteiger partial charge in [-0.25, -0.2) is 13.2 Å². The van der Waals surface area contributed by atoms with E-state index in [2.05, 4.69) is 15.5 Å². The van der Waals surface area contributed by atoms with Crippen LogP contribution in [-0.4, -0.2) is 60.0 Å². The number of aryl methyl sites for hydroxylation is 2. The Hall–Kier alpha value is -2.91. The molecular weight excluding hydrogens is 414 g/mol. The van der Waals surface area contributed by atoms with Crippen LogP contribution in [-0.2, 0) is 16.6 Å². The van der Waals surface area contributed by atoms with Gasteiger partial charge in [0.2, 0.25) is 10.0 Å². The average molecular weight is 442 g/mol. The Labute approximate surface area is 182 Å². The number of urea groups is 1. The van der Waals surface area contributed by atoms with Crippen molar-refractivity contribution in [3.8, 4) is 0 Å². The number of hydrogen-bond acceptors (Lipinski definition) is 4. The van der Waals surface area contributed by atoms with Crippen LogP contribution in [0.3, 0.4) is 0 Å². The molecule has 2 N–H and O–H groups in total. The fourth-order valence-electron chi connectivity index (χ4n) is 4.12. The summed E-state index contributed by atoms with van der Waals surface area (Å²) in [6.45, 7) is 5.30. The normalized spacial score (nSPS) is 15.7. The summed E-state index contributed by atoms with van der Waals surface area (Å²) >= 11 is 0. The molecule has 0 radical (unpaired) electrons. The highest BCUT2D eigenvalue weighted by atomic mass is 32.2. The zero-order valence-electron chi connectivity index (χ0n) is 17.8. The van der Waals surface area contributed by atoms with E-state index in [-0.39, 0.29) is 17.5 Å². The topological polar surface area (TPSA) is 98.4 Å². The molecule has 164 valence electrons. The summed E-state index contributed by atoms with van der Waals surface area (Å²) in [5.41, 5.74) is 2.05. The molecule has 31 heavy (non-hydrogen) atoms. The van der Waals surface area contributed by atoms with Crippen molar-refractivity contribution in [1.29, 1.82) is 0 Å². The average Bonchev–Trinajstić information content (AvgIpc) is 2.95. The lowest BCUT2D eigenvalue weighted by molar-refractivity contribution is 0.200. The zero-order valence-corrected chi connectivity index (χ0v) is 18.6. The standard InChI is InChI=1S/C22H27N5O3S/c1-16-21(17(2)25-24-16)31(29,30)27-12-6-11-26(13-14-27)22(28)23-15-19-9-5-8-18-7-3-4-10-20(18)19/h3-5,7-10H,6,11-15H2,1-2H3,(H,23,28)(H,24,25). The Bertz CT molecular complexity index is 1180. The fourth-order valence-corrected chi connectivity index (χ4v) is 5.92. The molecule has 0 saturated carbocycles. The van der Waals surface area contributed by atoms with Crippen LogP contribution in [0, 0.1) is 13.8 Å². The Morgan fingerprint density at radius 2 is 1.84 bits per heavy atom. The number of nitrogens with one attached hydrogen (secondary N) is 2. The minimum Gasteiger partial charge on any atom is -0.334 e. The third-order valence-corrected chi connectivity index (χ3v) is 7.87. The van der Waals surface area contributed by atoms with Crippen LogP contribution in [0.1, 0.15) is 23.4 Å². The van der Waals surface area contributed by atoms with E-state index in [1.807, 2.05) is 42.5 Å². The predicted molar refractivity (Wildman–Crippen MR) is 119 cm³/mol. The van der Waals surface area contributed by atoms with E-state index in [4.69, 9.17) is 0 Å². The van der Waals surface area contributed by atoms with Gasteiger partial charge in [0.1, 0.15) is 4.90 Å². The predicted octanol–water partition coefficient (Wildman–Crippen LogP) is 2.79. The molecule has 3 aromatic rings. The van der Waals surface area contributed by atoms with E-state index in [0.717, 1.165) is 16.3 Å². The van der Waals surface area contributed by atoms with Gasteiger partial charge < -0.3 is 10.2 Å². The molecule has 8 nitrogen and oxygen atoms in total. The van der Waals surface area contributed by atoms with Crippen molar-refractivity contribution in [2.75, 3.05) is 26.2 Å². The molecular formula is C22H27N5O3S. The second kappa shape index (κ2) is 8.68. The molecule has 1 fully saturated rings. The van der Waals surface area contributed by atoms with Gasteiger partial charge >= 0.3 is 6.03 Å². The lowest BCUT2D eigenvalue weighted by atomic mass is 10.0. The van der Waals surface area contributed by atoms with Gasteiger partial charge in [0.25, 0.3) is 0 Å². The van der Waals surface area contributed by atoms with E-state index in [0.29, 0.717) is 44.0 Å². The monoisotopic (exact) mass is 441 g/mol. The number of rotatable bonds is 4. The first kappa shape index (κ1) is 21.3. The van der Waals surface area contributed by atoms with E-state index in [1.165, 1.54) is 4.31 Å². The molecule has 2 amide bonds. The fraction of sp³-hybridized carbons (Fsp3) is 0.364. The van der Waals surface area contributed by atoms with Gasteiger partial charge in [-0.05, 0) is 36.6 Å². The quantitative estimate of drug-likeness (QED) is 0.650. The number of H-pyrrole nitrogens is 1. The van der Waals surface area contributed by atoms with Gasteiger partial charge in [-0.1, -0.05) is 42.5 Å². The highest BCUT2D eigenvalue weighted by Crippen LogP contribution is 2.23. The summed E-state index contributed by atoms with van der Waals surface area (Å²) in [5, 5.41) is 12.0. The minimum absolute atomic E-state index is 0.178. The van der Waals surface area contributed by atoms with Gasteiger partial charge in [-0.15, -0.1) is 0 Å². The SMILES string of the molecule is Cc1n[nH]c(C)c1S(=O)(=O)N1CCCN(C(=O)NCc2cccc3ccccc23)CC1. The molecule has 1 aliphatic rings. The lowest BCUT2D eigenvalue weighted by Crippen LogP contribution is -2.42. The van der Waals surface area contributed by atoms with Gasteiger partial charge in [-0.2, -0.15) is 9.40 Å². The van der Waals surface area contributed by atoms with Crippen LogP contribution in [0.4, 0.5) is 4.79 Å². The molecule has 0 unspecified atom stereocenters. The number of fused-ring (bicyclic) bond motifs is 1. The van der Waals surface area contributed by atoms with Crippen molar-refractivity contribution in [1.82, 2.24) is 24.7 Å². The summed E-state index contributed by atoms with van der Waals surface area (Å²) in [6, 6.07) is 13.9. The van der Waals surface area contributed by atoms with E-state index < -0.39 is 10.0 Å². The number of aromatic nitrogens is 2. The van der Waals surface area contributed by atoms with Crippen molar-refractivity contribution in [2.45, 2.75) is 31.7 Å². The summed E-state index contributed by atoms with van der Waals surface area (Å²) in [4.78, 5) is 14.7. The molecule has 2 aromatic carbocycles. The minimum atomic E-state index is -3.65. The van der Waals surface area contributed by atoms with Crippen molar-refractivity contribution >= 4 is 26.8 Å². The first-order valence-electron chi connectivity index (χ1n) is 10.4. The first-order chi connectivity index (χ1) is 14.9. The smallest absolute Gasteiger partial charge is 0.317 e. The number of benzene rings is 2. The number of aromatic amines is 1. The van der Waals surface area contributed by atoms with E-state index in [9.17, 15) is 13.2 Å². The number of carbonyl (C=O) groups is 1. The van der Waals surface area contributed by atoms with Gasteiger partial charge in [-0.3, -0.25) is 5.10 Å². The molecule has 4 rings (SSSR count). The maximum atomic E-state index is 13.1. The van der Waals surface area contributed by atoms with Gasteiger partial charge in [0.05, 0.1) is 11.4 Å². The number of nitrogens with zero attached hydrogens (tertiary/aromatic N) is 3. The van der Waals surface area contributed by atoms with Crippen LogP contribution in [0.25, 0.3) is 10.8 Å². The third kappa shape index (κ3) is 4.28. The lowest BCUT2D eigenvalue weighted by Gasteiger charge is -2.22. The third-order valence-electron chi connectivity index (χ3n) is 5.71. The molecule has 0 bridgehead atoms. The van der Waals surface area contributed by atoms with Crippen LogP contribution in [0.15, 0.2) is 47.4 Å². The van der Waals surface area contributed by atoms with Gasteiger partial charge in [0.15, 0.2) is 0 Å². The Balaban J connectivity index is 1.41. The van der Waals surface area contributed by atoms with Gasteiger partial charge in [0, 0.05) is 32.7 Å². The summed E-state index contributed by atoms with van der Waals surface area (Å²) in [6.07, 6.45) is 0.580. The van der Waals surface area contributed by atoms with E-state index >= 15 is 0 Å². The van der Waals surface area contributed by atoms with Crippen molar-refractivity contribution in [2.24, 2.45) is 0 Å². The Morgan fingerprint density at radius 3 is 2.61 bits per heavy atom. The second-order valence-electron chi connectivity index (χ2n) is 7.80. The molecule has 9 heteroatoms. The molecule has 0 atom stereocenters. The highest BCUT2D eigenvalue weighted by molar-refractivity contribution is 7.89. The Kier molecular flexibility index (Phi) is 5.97. The maximum Gasteiger partial charge on any atom is 0.317 e. The van der Waals surface area contributed by atoms with Crippen LogP contribution in [0.2, 0.25) is 0 Å². The molecule has 0 aliphatic carbocycles. The summed E-state index contributed by atoms with van der Waals surface area (Å²) in [5.74, 6) is 0. The number of hydrogen-bond donors (Lipinski definition) is 2. The van der Waals surface area contributed by atoms with Crippen molar-refractivity contribution in [3.63, 3.8) is 0 Å². The summed E-state index contributed by atoms with van der Waals surface area (Å²) in [7, 11) is -3.65. The van der Waals surface area contributed by atoms with E-state index in [1.54, 1.807) is 18.7 Å². The number of sulfonamides is 1. The molecule has 1 aliphatic heterocycles. The number of carbonyl (C=O) groups excluding carboxylic acids is 1. The van der Waals surface area contributed by atoms with Crippen molar-refractivity contribution < 1.29 is 13.2 Å². The largest absolute Gasteiger partial charge is 0.334 e. The van der Waals surface area contributed by atoms with Crippen LogP contribution >= 0.6 is 0 Å². The Morgan fingerprint density at radius 1 is 1.06 bits per heavy atom. The van der Waals surface area contributed by atoms with Crippen molar-refractivity contribution in [3.05, 3.63) is 59.4 Å². The number of amides is 2. The van der Waals surface area contributed by atoms with Crippen LogP contribution < -0.4 is 5.32 Å². The summed E-state index contributed by atoms with van der Waals surface area (Å²) < 4.78 is 27.7. The molecule has 1 saturated heterocycles. The second-order valence-corrected chi connectivity index (χ2v) is 9.68. The highest BCUT2D eigenvalue weighted by Gasteiger charge is 2.31. The maximum absolute atomic E-state index is 13.1. The zero-order chi connectivity index (χ0) is 22.0. The first-order valence-corrected chi connectivity index (χ1v) is 11.8. The van der Waals surface area contributed by atoms with Crippen LogP contribution in [0.5, 0.6) is 0 Å².